The monoisotopic (exact) mass is 361 g/mol. The Morgan fingerprint density at radius 2 is 1.72 bits per heavy atom. The molecule has 0 atom stereocenters. The van der Waals surface area contributed by atoms with Crippen molar-refractivity contribution in [3.63, 3.8) is 0 Å². The molecule has 0 saturated carbocycles. The average molecular weight is 362 g/mol. The molecule has 0 aliphatic heterocycles. The van der Waals surface area contributed by atoms with Crippen LogP contribution in [-0.2, 0) is 9.84 Å². The van der Waals surface area contributed by atoms with Crippen LogP contribution in [-0.4, -0.2) is 27.0 Å². The molecule has 1 heterocycles. The summed E-state index contributed by atoms with van der Waals surface area (Å²) >= 11 is 3.08. The molecule has 0 amide bonds. The van der Waals surface area contributed by atoms with E-state index in [2.05, 4.69) is 20.9 Å². The molecule has 0 saturated heterocycles. The molecule has 1 rings (SSSR count). The largest absolute Gasteiger partial charge is 0.501 e. The Labute approximate surface area is 112 Å². The van der Waals surface area contributed by atoms with Gasteiger partial charge < -0.3 is 0 Å². The van der Waals surface area contributed by atoms with Gasteiger partial charge in [-0.3, -0.25) is 4.98 Å². The highest BCUT2D eigenvalue weighted by molar-refractivity contribution is 9.10. The molecule has 3 nitrogen and oxygen atoms in total. The Balaban J connectivity index is 3.69. The van der Waals surface area contributed by atoms with Crippen molar-refractivity contribution in [3.8, 4) is 0 Å². The number of rotatable bonds is 2. The minimum Gasteiger partial charge on any atom is -0.262 e. The van der Waals surface area contributed by atoms with Crippen molar-refractivity contribution >= 4 is 39.0 Å². The second kappa shape index (κ2) is 4.60. The van der Waals surface area contributed by atoms with E-state index in [1.165, 1.54) is 6.20 Å². The lowest BCUT2D eigenvalue weighted by Gasteiger charge is -2.22. The minimum atomic E-state index is -5.37. The Morgan fingerprint density at radius 3 is 2.11 bits per heavy atom. The molecule has 1 aromatic heterocycles. The zero-order valence-electron chi connectivity index (χ0n) is 9.84. The van der Waals surface area contributed by atoms with Crippen LogP contribution in [0.1, 0.15) is 0 Å². The van der Waals surface area contributed by atoms with Gasteiger partial charge in [0.2, 0.25) is 0 Å². The maximum atomic E-state index is 12.6. The zero-order chi connectivity index (χ0) is 14.4. The number of aromatic nitrogens is 1. The first-order chi connectivity index (χ1) is 7.89. The van der Waals surface area contributed by atoms with Crippen LogP contribution in [0.4, 0.5) is 13.2 Å². The number of nitrogens with zero attached hydrogens (tertiary/aromatic N) is 1. The van der Waals surface area contributed by atoms with Gasteiger partial charge in [-0.1, -0.05) is 19.6 Å². The summed E-state index contributed by atoms with van der Waals surface area (Å²) < 4.78 is 61.1. The third-order valence-electron chi connectivity index (χ3n) is 2.21. The third-order valence-corrected chi connectivity index (χ3v) is 6.89. The van der Waals surface area contributed by atoms with Crippen molar-refractivity contribution < 1.29 is 21.6 Å². The molecule has 102 valence electrons. The van der Waals surface area contributed by atoms with Gasteiger partial charge in [0.05, 0.1) is 13.0 Å². The maximum absolute atomic E-state index is 12.6. The average Bonchev–Trinajstić information content (AvgIpc) is 2.13. The van der Waals surface area contributed by atoms with E-state index in [-0.39, 0.29) is 5.19 Å². The highest BCUT2D eigenvalue weighted by atomic mass is 79.9. The molecule has 0 aliphatic rings. The van der Waals surface area contributed by atoms with Crippen LogP contribution in [0.25, 0.3) is 0 Å². The molecule has 18 heavy (non-hydrogen) atoms. The van der Waals surface area contributed by atoms with Gasteiger partial charge in [-0.15, -0.1) is 0 Å². The number of halogens is 4. The molecule has 0 bridgehead atoms. The van der Waals surface area contributed by atoms with Crippen molar-refractivity contribution in [2.45, 2.75) is 30.0 Å². The van der Waals surface area contributed by atoms with E-state index in [1.807, 2.05) is 0 Å². The summed E-state index contributed by atoms with van der Waals surface area (Å²) in [4.78, 5) is 2.79. The summed E-state index contributed by atoms with van der Waals surface area (Å²) in [5, 5.41) is 0.204. The van der Waals surface area contributed by atoms with Crippen LogP contribution >= 0.6 is 15.9 Å². The summed E-state index contributed by atoms with van der Waals surface area (Å²) in [6.07, 6.45) is 2.07. The van der Waals surface area contributed by atoms with Crippen molar-refractivity contribution in [1.29, 1.82) is 0 Å². The molecule has 0 aliphatic carbocycles. The van der Waals surface area contributed by atoms with Gasteiger partial charge in [-0.25, -0.2) is 8.42 Å². The van der Waals surface area contributed by atoms with Gasteiger partial charge in [-0.2, -0.15) is 13.2 Å². The Kier molecular flexibility index (Phi) is 4.00. The number of pyridine rings is 1. The van der Waals surface area contributed by atoms with Crippen LogP contribution in [0, 0.1) is 0 Å². The Bertz CT molecular complexity index is 566. The van der Waals surface area contributed by atoms with E-state index in [0.717, 1.165) is 6.20 Å². The predicted molar refractivity (Wildman–Crippen MR) is 68.2 cm³/mol. The number of hydrogen-bond acceptors (Lipinski definition) is 3. The van der Waals surface area contributed by atoms with E-state index in [4.69, 9.17) is 0 Å². The number of alkyl halides is 3. The number of hydrogen-bond donors (Lipinski definition) is 0. The van der Waals surface area contributed by atoms with Crippen molar-refractivity contribution in [1.82, 2.24) is 4.98 Å². The lowest BCUT2D eigenvalue weighted by molar-refractivity contribution is -0.0435. The molecule has 0 fully saturated rings. The standard InChI is InChI=1S/C9H11BrF3NO2SSi/c1-18(2,3)8-6(10)4-14-5-7(8)17(15,16)9(11,12)13/h4-5H,1-3H3. The van der Waals surface area contributed by atoms with Gasteiger partial charge in [0, 0.05) is 16.9 Å². The van der Waals surface area contributed by atoms with Crippen LogP contribution in [0.15, 0.2) is 21.8 Å². The minimum absolute atomic E-state index is 0.204. The van der Waals surface area contributed by atoms with Crippen molar-refractivity contribution in [3.05, 3.63) is 16.9 Å². The molecular formula is C9H11BrF3NO2SSi. The van der Waals surface area contributed by atoms with Gasteiger partial charge in [0.15, 0.2) is 0 Å². The summed E-state index contributed by atoms with van der Waals surface area (Å²) in [6.45, 7) is 5.30. The number of sulfone groups is 1. The molecule has 1 aromatic rings. The molecule has 0 N–H and O–H groups in total. The topological polar surface area (TPSA) is 47.0 Å². The summed E-state index contributed by atoms with van der Waals surface area (Å²) in [5.41, 5.74) is -5.32. The first-order valence-electron chi connectivity index (χ1n) is 4.84. The van der Waals surface area contributed by atoms with Crippen molar-refractivity contribution in [2.24, 2.45) is 0 Å². The first-order valence-corrected chi connectivity index (χ1v) is 10.6. The van der Waals surface area contributed by atoms with Gasteiger partial charge in [-0.05, 0) is 21.1 Å². The van der Waals surface area contributed by atoms with E-state index >= 15 is 0 Å². The molecule has 9 heteroatoms. The van der Waals surface area contributed by atoms with Crippen LogP contribution in [0.5, 0.6) is 0 Å². The lowest BCUT2D eigenvalue weighted by Crippen LogP contribution is -2.44. The van der Waals surface area contributed by atoms with Gasteiger partial charge in [0.25, 0.3) is 9.84 Å². The summed E-state index contributed by atoms with van der Waals surface area (Å²) in [5.74, 6) is 0. The second-order valence-corrected chi connectivity index (χ2v) is 12.5. The fourth-order valence-electron chi connectivity index (χ4n) is 1.47. The smallest absolute Gasteiger partial charge is 0.262 e. The van der Waals surface area contributed by atoms with E-state index in [9.17, 15) is 21.6 Å². The van der Waals surface area contributed by atoms with Crippen LogP contribution in [0.3, 0.4) is 0 Å². The van der Waals surface area contributed by atoms with Gasteiger partial charge in [0.1, 0.15) is 0 Å². The molecule has 0 aromatic carbocycles. The van der Waals surface area contributed by atoms with Crippen molar-refractivity contribution in [2.75, 3.05) is 0 Å². The molecule has 0 spiro atoms. The fraction of sp³-hybridized carbons (Fsp3) is 0.444. The van der Waals surface area contributed by atoms with Crippen LogP contribution in [0.2, 0.25) is 19.6 Å². The summed E-state index contributed by atoms with van der Waals surface area (Å²) in [7, 11) is -7.65. The second-order valence-electron chi connectivity index (χ2n) is 4.69. The molecular weight excluding hydrogens is 351 g/mol. The van der Waals surface area contributed by atoms with E-state index in [1.54, 1.807) is 19.6 Å². The molecule has 0 unspecified atom stereocenters. The summed E-state index contributed by atoms with van der Waals surface area (Å²) in [6, 6.07) is 0. The fourth-order valence-corrected chi connectivity index (χ4v) is 7.45. The lowest BCUT2D eigenvalue weighted by atomic mass is 10.5. The highest BCUT2D eigenvalue weighted by Crippen LogP contribution is 2.31. The quantitative estimate of drug-likeness (QED) is 0.760. The Morgan fingerprint density at radius 1 is 1.22 bits per heavy atom. The SMILES string of the molecule is C[Si](C)(C)c1c(Br)cncc1S(=O)(=O)C(F)(F)F. The maximum Gasteiger partial charge on any atom is 0.501 e. The highest BCUT2D eigenvalue weighted by Gasteiger charge is 2.49. The van der Waals surface area contributed by atoms with Gasteiger partial charge >= 0.3 is 5.51 Å². The first kappa shape index (κ1) is 15.6. The van der Waals surface area contributed by atoms with Crippen LogP contribution < -0.4 is 5.19 Å². The third kappa shape index (κ3) is 2.77. The normalized spacial score (nSPS) is 13.7. The predicted octanol–water partition coefficient (Wildman–Crippen LogP) is 2.68. The zero-order valence-corrected chi connectivity index (χ0v) is 13.2. The Hall–Kier alpha value is -0.413. The molecule has 0 radical (unpaired) electrons. The van der Waals surface area contributed by atoms with E-state index in [0.29, 0.717) is 4.47 Å². The van der Waals surface area contributed by atoms with E-state index < -0.39 is 28.3 Å².